The molecule has 2 unspecified atom stereocenters. The smallest absolute Gasteiger partial charge is 0.261 e. The first-order chi connectivity index (χ1) is 24.9. The maximum atomic E-state index is 7.44. The Morgan fingerprint density at radius 1 is 0.510 bits per heavy atom. The van der Waals surface area contributed by atoms with Gasteiger partial charge in [0.2, 0.25) is 0 Å². The van der Waals surface area contributed by atoms with Gasteiger partial charge in [0.25, 0.3) is 8.32 Å². The van der Waals surface area contributed by atoms with Gasteiger partial charge in [-0.05, 0) is 32.1 Å². The second-order valence-electron chi connectivity index (χ2n) is 14.0. The van der Waals surface area contributed by atoms with E-state index in [1.54, 1.807) is 7.11 Å². The molecule has 266 valence electrons. The lowest BCUT2D eigenvalue weighted by Gasteiger charge is -2.48. The van der Waals surface area contributed by atoms with Gasteiger partial charge >= 0.3 is 0 Å². The summed E-state index contributed by atoms with van der Waals surface area (Å²) in [7, 11) is -1.24. The minimum Gasteiger partial charge on any atom is -0.405 e. The summed E-state index contributed by atoms with van der Waals surface area (Å²) in [6.07, 6.45) is -2.91. The van der Waals surface area contributed by atoms with E-state index in [4.69, 9.17) is 28.1 Å². The van der Waals surface area contributed by atoms with Crippen molar-refractivity contribution in [3.63, 3.8) is 0 Å². The van der Waals surface area contributed by atoms with E-state index in [0.29, 0.717) is 19.8 Å². The van der Waals surface area contributed by atoms with Crippen molar-refractivity contribution in [3.05, 3.63) is 168 Å². The first-order valence-corrected chi connectivity index (χ1v) is 19.7. The molecule has 0 saturated carbocycles. The minimum atomic E-state index is -2.90. The second-order valence-corrected chi connectivity index (χ2v) is 18.3. The van der Waals surface area contributed by atoms with Crippen LogP contribution in [-0.4, -0.2) is 52.7 Å². The van der Waals surface area contributed by atoms with Crippen molar-refractivity contribution >= 4 is 18.7 Å². The molecule has 0 aromatic heterocycles. The average molecular weight is 703 g/mol. The molecule has 0 bridgehead atoms. The lowest BCUT2D eigenvalue weighted by atomic mass is 9.98. The molecule has 1 aliphatic rings. The number of methoxy groups -OCH3 is 1. The summed E-state index contributed by atoms with van der Waals surface area (Å²) in [5, 5.41) is 2.19. The predicted molar refractivity (Wildman–Crippen MR) is 204 cm³/mol. The van der Waals surface area contributed by atoms with E-state index in [2.05, 4.69) is 118 Å². The number of hydrogen-bond acceptors (Lipinski definition) is 6. The van der Waals surface area contributed by atoms with Crippen LogP contribution in [0.3, 0.4) is 0 Å². The summed E-state index contributed by atoms with van der Waals surface area (Å²) < 4.78 is 40.7. The van der Waals surface area contributed by atoms with Gasteiger partial charge in [-0.15, -0.1) is 0 Å². The summed E-state index contributed by atoms with van der Waals surface area (Å²) in [5.41, 5.74) is 3.16. The van der Waals surface area contributed by atoms with Gasteiger partial charge in [-0.3, -0.25) is 0 Å². The Kier molecular flexibility index (Phi) is 12.7. The molecule has 6 rings (SSSR count). The van der Waals surface area contributed by atoms with Gasteiger partial charge in [-0.25, -0.2) is 0 Å². The highest BCUT2D eigenvalue weighted by molar-refractivity contribution is 6.99. The van der Waals surface area contributed by atoms with Crippen LogP contribution in [0.15, 0.2) is 152 Å². The van der Waals surface area contributed by atoms with Gasteiger partial charge in [0.15, 0.2) is 6.29 Å². The number of hydrogen-bond donors (Lipinski definition) is 0. The molecule has 7 heteroatoms. The maximum absolute atomic E-state index is 7.44. The first kappa shape index (κ1) is 36.9. The SMILES string of the molecule is CO[C@H]1OC(CO[Si](c2ccccc2)(c2ccccc2)C(C)(C)C)[C@H](OCc2ccccc2)[C@@H](OCc2ccccc2)C1OCc1ccccc1. The standard InChI is InChI=1S/C44H50O6Si/c1-44(2,3)51(37-26-16-8-17-27-37,38-28-18-9-19-29-38)49-33-39-40(46-30-34-20-10-5-11-21-34)41(47-31-35-22-12-6-13-23-35)42(43(45-4)50-39)48-32-36-24-14-7-15-25-36/h5-29,39-43H,30-33H2,1-4H3/t39?,40-,41+,42?,43-/m0/s1. The Morgan fingerprint density at radius 2 is 0.882 bits per heavy atom. The van der Waals surface area contributed by atoms with Crippen LogP contribution in [0.5, 0.6) is 0 Å². The maximum Gasteiger partial charge on any atom is 0.261 e. The summed E-state index contributed by atoms with van der Waals surface area (Å²) in [6.45, 7) is 8.22. The van der Waals surface area contributed by atoms with Crippen molar-refractivity contribution in [2.75, 3.05) is 13.7 Å². The first-order valence-electron chi connectivity index (χ1n) is 17.8. The zero-order valence-corrected chi connectivity index (χ0v) is 31.1. The van der Waals surface area contributed by atoms with Crippen LogP contribution >= 0.6 is 0 Å². The molecule has 6 nitrogen and oxygen atoms in total. The van der Waals surface area contributed by atoms with Gasteiger partial charge in [-0.1, -0.05) is 172 Å². The Labute approximate surface area is 304 Å². The van der Waals surface area contributed by atoms with Crippen molar-refractivity contribution < 1.29 is 28.1 Å². The topological polar surface area (TPSA) is 55.4 Å². The highest BCUT2D eigenvalue weighted by Crippen LogP contribution is 2.38. The zero-order valence-electron chi connectivity index (χ0n) is 30.1. The average Bonchev–Trinajstić information content (AvgIpc) is 3.17. The van der Waals surface area contributed by atoms with Gasteiger partial charge in [-0.2, -0.15) is 0 Å². The van der Waals surface area contributed by atoms with Crippen LogP contribution in [0.4, 0.5) is 0 Å². The third-order valence-corrected chi connectivity index (χ3v) is 14.6. The van der Waals surface area contributed by atoms with E-state index in [1.165, 1.54) is 10.4 Å². The highest BCUT2D eigenvalue weighted by atomic mass is 28.4. The predicted octanol–water partition coefficient (Wildman–Crippen LogP) is 7.69. The summed E-state index contributed by atoms with van der Waals surface area (Å²) in [6, 6.07) is 51.8. The molecule has 1 aliphatic heterocycles. The fraction of sp³-hybridized carbons (Fsp3) is 0.318. The number of ether oxygens (including phenoxy) is 5. The molecule has 5 aromatic rings. The Balaban J connectivity index is 1.38. The van der Waals surface area contributed by atoms with E-state index in [9.17, 15) is 0 Å². The molecule has 5 atom stereocenters. The van der Waals surface area contributed by atoms with Crippen LogP contribution in [-0.2, 0) is 47.9 Å². The molecule has 0 N–H and O–H groups in total. The molecule has 5 aromatic carbocycles. The summed E-state index contributed by atoms with van der Waals surface area (Å²) in [5.74, 6) is 0. The third kappa shape index (κ3) is 8.94. The van der Waals surface area contributed by atoms with Crippen LogP contribution in [0.25, 0.3) is 0 Å². The number of benzene rings is 5. The molecule has 51 heavy (non-hydrogen) atoms. The van der Waals surface area contributed by atoms with Gasteiger partial charge < -0.3 is 28.1 Å². The molecule has 1 fully saturated rings. The van der Waals surface area contributed by atoms with Crippen molar-refractivity contribution in [2.24, 2.45) is 0 Å². The van der Waals surface area contributed by atoms with Crippen LogP contribution in [0.2, 0.25) is 5.04 Å². The van der Waals surface area contributed by atoms with Gasteiger partial charge in [0, 0.05) is 7.11 Å². The normalized spacial score (nSPS) is 21.0. The fourth-order valence-electron chi connectivity index (χ4n) is 7.04. The van der Waals surface area contributed by atoms with Crippen LogP contribution < -0.4 is 10.4 Å². The molecule has 1 saturated heterocycles. The largest absolute Gasteiger partial charge is 0.405 e. The van der Waals surface area contributed by atoms with E-state index < -0.39 is 39.0 Å². The quantitative estimate of drug-likeness (QED) is 0.104. The Morgan fingerprint density at radius 3 is 1.27 bits per heavy atom. The molecule has 0 radical (unpaired) electrons. The summed E-state index contributed by atoms with van der Waals surface area (Å²) >= 11 is 0. The van der Waals surface area contributed by atoms with Crippen LogP contribution in [0.1, 0.15) is 37.5 Å². The second kappa shape index (κ2) is 17.5. The minimum absolute atomic E-state index is 0.212. The van der Waals surface area contributed by atoms with Crippen molar-refractivity contribution in [1.82, 2.24) is 0 Å². The van der Waals surface area contributed by atoms with E-state index in [-0.39, 0.29) is 11.6 Å². The van der Waals surface area contributed by atoms with Crippen molar-refractivity contribution in [1.29, 1.82) is 0 Å². The zero-order chi connectivity index (χ0) is 35.5. The van der Waals surface area contributed by atoms with Gasteiger partial charge in [0.1, 0.15) is 24.4 Å². The molecular formula is C44H50O6Si. The molecule has 0 spiro atoms. The molecule has 1 heterocycles. The monoisotopic (exact) mass is 702 g/mol. The molecule has 0 amide bonds. The Bertz CT molecular complexity index is 1680. The Hall–Kier alpha value is -3.92. The number of rotatable bonds is 15. The summed E-state index contributed by atoms with van der Waals surface area (Å²) in [4.78, 5) is 0. The van der Waals surface area contributed by atoms with Crippen molar-refractivity contribution in [3.8, 4) is 0 Å². The van der Waals surface area contributed by atoms with Crippen molar-refractivity contribution in [2.45, 2.75) is 76.3 Å². The van der Waals surface area contributed by atoms with E-state index in [0.717, 1.165) is 16.7 Å². The van der Waals surface area contributed by atoms with Crippen LogP contribution in [0, 0.1) is 0 Å². The van der Waals surface area contributed by atoms with E-state index in [1.807, 2.05) is 54.6 Å². The third-order valence-electron chi connectivity index (χ3n) is 9.56. The molecular weight excluding hydrogens is 653 g/mol. The highest BCUT2D eigenvalue weighted by Gasteiger charge is 2.53. The lowest BCUT2D eigenvalue weighted by Crippen LogP contribution is -2.68. The fourth-order valence-corrected chi connectivity index (χ4v) is 11.6. The molecule has 0 aliphatic carbocycles. The van der Waals surface area contributed by atoms with E-state index >= 15 is 0 Å². The lowest BCUT2D eigenvalue weighted by molar-refractivity contribution is -0.320. The van der Waals surface area contributed by atoms with Gasteiger partial charge in [0.05, 0.1) is 26.4 Å².